The summed E-state index contributed by atoms with van der Waals surface area (Å²) in [6, 6.07) is 7.52. The average Bonchev–Trinajstić information content (AvgIpc) is 3.07. The standard InChI is InChI=1S/C21H27ClN6O2/c1-3-4-10-27(11-9-23)20-15(12-14-7-5-6-8-16(14)22)18-21(30)26(2)17(19(24)29)13-28(18)25-20/h5-8,13H,3-4,9-12,23H2,1-2H3,(H2,24,29). The zero-order valence-electron chi connectivity index (χ0n) is 17.3. The van der Waals surface area contributed by atoms with Crippen LogP contribution in [0.2, 0.25) is 5.02 Å². The molecular weight excluding hydrogens is 404 g/mol. The van der Waals surface area contributed by atoms with Crippen LogP contribution in [0.3, 0.4) is 0 Å². The van der Waals surface area contributed by atoms with Gasteiger partial charge >= 0.3 is 0 Å². The Balaban J connectivity index is 2.27. The second-order valence-corrected chi connectivity index (χ2v) is 7.64. The summed E-state index contributed by atoms with van der Waals surface area (Å²) in [5, 5.41) is 5.30. The number of hydrogen-bond acceptors (Lipinski definition) is 5. The minimum Gasteiger partial charge on any atom is -0.364 e. The Hall–Kier alpha value is -2.84. The summed E-state index contributed by atoms with van der Waals surface area (Å²) in [6.45, 7) is 3.93. The molecule has 1 amide bonds. The third kappa shape index (κ3) is 4.20. The SMILES string of the molecule is CCCCN(CCN)c1nn2cc(C(N)=O)n(C)c(=O)c2c1Cc1ccccc1Cl. The first-order valence-electron chi connectivity index (χ1n) is 9.98. The third-order valence-corrected chi connectivity index (χ3v) is 5.53. The Morgan fingerprint density at radius 2 is 2.00 bits per heavy atom. The number of amides is 1. The van der Waals surface area contributed by atoms with Gasteiger partial charge in [-0.2, -0.15) is 0 Å². The van der Waals surface area contributed by atoms with Crippen LogP contribution in [0.25, 0.3) is 5.52 Å². The van der Waals surface area contributed by atoms with E-state index in [4.69, 9.17) is 23.1 Å². The molecule has 0 aliphatic carbocycles. The number of rotatable bonds is 9. The molecule has 0 spiro atoms. The lowest BCUT2D eigenvalue weighted by Crippen LogP contribution is -2.31. The van der Waals surface area contributed by atoms with Gasteiger partial charge in [0.05, 0.1) is 6.20 Å². The van der Waals surface area contributed by atoms with Crippen molar-refractivity contribution in [1.29, 1.82) is 0 Å². The van der Waals surface area contributed by atoms with E-state index >= 15 is 0 Å². The molecule has 0 unspecified atom stereocenters. The number of hydrogen-bond donors (Lipinski definition) is 2. The van der Waals surface area contributed by atoms with E-state index in [2.05, 4.69) is 16.9 Å². The second-order valence-electron chi connectivity index (χ2n) is 7.24. The van der Waals surface area contributed by atoms with Crippen LogP contribution in [0.15, 0.2) is 35.3 Å². The number of carbonyl (C=O) groups excluding carboxylic acids is 1. The van der Waals surface area contributed by atoms with E-state index in [1.54, 1.807) is 0 Å². The molecule has 0 atom stereocenters. The summed E-state index contributed by atoms with van der Waals surface area (Å²) in [5.41, 5.74) is 13.1. The minimum absolute atomic E-state index is 0.0878. The molecule has 30 heavy (non-hydrogen) atoms. The van der Waals surface area contributed by atoms with Crippen LogP contribution >= 0.6 is 11.6 Å². The molecule has 3 aromatic rings. The van der Waals surface area contributed by atoms with Crippen molar-refractivity contribution < 1.29 is 4.79 Å². The summed E-state index contributed by atoms with van der Waals surface area (Å²) in [5.74, 6) is -0.0152. The van der Waals surface area contributed by atoms with Crippen molar-refractivity contribution in [2.45, 2.75) is 26.2 Å². The van der Waals surface area contributed by atoms with E-state index < -0.39 is 5.91 Å². The predicted octanol–water partition coefficient (Wildman–Crippen LogP) is 1.94. The molecule has 0 radical (unpaired) electrons. The zero-order chi connectivity index (χ0) is 21.8. The molecule has 2 aromatic heterocycles. The Labute approximate surface area is 180 Å². The summed E-state index contributed by atoms with van der Waals surface area (Å²) in [6.07, 6.45) is 3.90. The van der Waals surface area contributed by atoms with Gasteiger partial charge in [0.1, 0.15) is 11.2 Å². The summed E-state index contributed by atoms with van der Waals surface area (Å²) >= 11 is 6.40. The first-order valence-corrected chi connectivity index (χ1v) is 10.4. The predicted molar refractivity (Wildman–Crippen MR) is 119 cm³/mol. The van der Waals surface area contributed by atoms with Crippen molar-refractivity contribution in [2.24, 2.45) is 18.5 Å². The van der Waals surface area contributed by atoms with Gasteiger partial charge in [0, 0.05) is 43.7 Å². The number of aromatic nitrogens is 3. The van der Waals surface area contributed by atoms with Gasteiger partial charge in [0.25, 0.3) is 11.5 Å². The number of nitrogens with zero attached hydrogens (tertiary/aromatic N) is 4. The summed E-state index contributed by atoms with van der Waals surface area (Å²) < 4.78 is 2.72. The van der Waals surface area contributed by atoms with Gasteiger partial charge in [0.2, 0.25) is 0 Å². The Bertz CT molecular complexity index is 1120. The maximum atomic E-state index is 13.2. The molecule has 0 saturated carbocycles. The van der Waals surface area contributed by atoms with Crippen LogP contribution in [0.1, 0.15) is 41.4 Å². The first-order chi connectivity index (χ1) is 14.4. The van der Waals surface area contributed by atoms with Crippen molar-refractivity contribution in [3.63, 3.8) is 0 Å². The average molecular weight is 431 g/mol. The number of nitrogens with two attached hydrogens (primary N) is 2. The Morgan fingerprint density at radius 1 is 1.27 bits per heavy atom. The van der Waals surface area contributed by atoms with Crippen molar-refractivity contribution >= 4 is 28.8 Å². The quantitative estimate of drug-likeness (QED) is 0.538. The van der Waals surface area contributed by atoms with Gasteiger partial charge in [-0.25, -0.2) is 4.52 Å². The molecule has 160 valence electrons. The highest BCUT2D eigenvalue weighted by Gasteiger charge is 2.23. The van der Waals surface area contributed by atoms with E-state index in [1.807, 2.05) is 24.3 Å². The van der Waals surface area contributed by atoms with Crippen LogP contribution in [0.4, 0.5) is 5.82 Å². The first kappa shape index (κ1) is 21.9. The number of fused-ring (bicyclic) bond motifs is 1. The molecule has 0 fully saturated rings. The number of benzene rings is 1. The second kappa shape index (κ2) is 9.32. The van der Waals surface area contributed by atoms with Gasteiger partial charge in [-0.1, -0.05) is 43.1 Å². The topological polar surface area (TPSA) is 112 Å². The molecule has 0 aliphatic rings. The fraction of sp³-hybridized carbons (Fsp3) is 0.381. The molecule has 2 heterocycles. The maximum Gasteiger partial charge on any atom is 0.277 e. The number of primary amides is 1. The maximum absolute atomic E-state index is 13.2. The smallest absolute Gasteiger partial charge is 0.277 e. The monoisotopic (exact) mass is 430 g/mol. The van der Waals surface area contributed by atoms with E-state index in [0.29, 0.717) is 35.9 Å². The zero-order valence-corrected chi connectivity index (χ0v) is 18.0. The highest BCUT2D eigenvalue weighted by Crippen LogP contribution is 2.28. The molecule has 3 rings (SSSR count). The van der Waals surface area contributed by atoms with E-state index in [9.17, 15) is 9.59 Å². The number of anilines is 1. The molecule has 0 aliphatic heterocycles. The lowest BCUT2D eigenvalue weighted by molar-refractivity contribution is 0.0990. The molecule has 9 heteroatoms. The van der Waals surface area contributed by atoms with Crippen molar-refractivity contribution in [3.05, 3.63) is 62.7 Å². The number of carbonyl (C=O) groups is 1. The van der Waals surface area contributed by atoms with Gasteiger partial charge in [-0.3, -0.25) is 9.59 Å². The van der Waals surface area contributed by atoms with Crippen molar-refractivity contribution in [3.8, 4) is 0 Å². The fourth-order valence-corrected chi connectivity index (χ4v) is 3.76. The van der Waals surface area contributed by atoms with Crippen LogP contribution in [0.5, 0.6) is 0 Å². The van der Waals surface area contributed by atoms with E-state index in [-0.39, 0.29) is 11.3 Å². The summed E-state index contributed by atoms with van der Waals surface area (Å²) in [7, 11) is 1.53. The summed E-state index contributed by atoms with van der Waals surface area (Å²) in [4.78, 5) is 27.1. The lowest BCUT2D eigenvalue weighted by atomic mass is 10.0. The highest BCUT2D eigenvalue weighted by atomic mass is 35.5. The Morgan fingerprint density at radius 3 is 2.63 bits per heavy atom. The lowest BCUT2D eigenvalue weighted by Gasteiger charge is -2.23. The highest BCUT2D eigenvalue weighted by molar-refractivity contribution is 6.31. The van der Waals surface area contributed by atoms with Crippen LogP contribution < -0.4 is 21.9 Å². The van der Waals surface area contributed by atoms with Crippen molar-refractivity contribution in [1.82, 2.24) is 14.2 Å². The van der Waals surface area contributed by atoms with E-state index in [0.717, 1.165) is 30.5 Å². The number of unbranched alkanes of at least 4 members (excludes halogenated alkanes) is 1. The van der Waals surface area contributed by atoms with Gasteiger partial charge in [0.15, 0.2) is 5.82 Å². The van der Waals surface area contributed by atoms with Crippen molar-refractivity contribution in [2.75, 3.05) is 24.5 Å². The number of halogens is 1. The molecule has 8 nitrogen and oxygen atoms in total. The molecule has 0 saturated heterocycles. The molecular formula is C21H27ClN6O2. The van der Waals surface area contributed by atoms with Crippen LogP contribution in [0, 0.1) is 0 Å². The van der Waals surface area contributed by atoms with E-state index in [1.165, 1.54) is 22.3 Å². The van der Waals surface area contributed by atoms with Gasteiger partial charge in [-0.15, -0.1) is 5.10 Å². The van der Waals surface area contributed by atoms with Gasteiger partial charge < -0.3 is 20.9 Å². The molecule has 4 N–H and O–H groups in total. The van der Waals surface area contributed by atoms with Crippen LogP contribution in [-0.4, -0.2) is 39.7 Å². The normalized spacial score (nSPS) is 11.2. The molecule has 0 bridgehead atoms. The minimum atomic E-state index is -0.689. The Kier molecular flexibility index (Phi) is 6.79. The fourth-order valence-electron chi connectivity index (χ4n) is 3.55. The molecule has 1 aromatic carbocycles. The van der Waals surface area contributed by atoms with Crippen LogP contribution in [-0.2, 0) is 13.5 Å². The third-order valence-electron chi connectivity index (χ3n) is 5.16. The van der Waals surface area contributed by atoms with Gasteiger partial charge in [-0.05, 0) is 18.1 Å². The largest absolute Gasteiger partial charge is 0.364 e.